The average Bonchev–Trinajstić information content (AvgIpc) is 2.42. The zero-order valence-corrected chi connectivity index (χ0v) is 8.29. The molecule has 0 saturated heterocycles. The number of hydrogen-bond acceptors (Lipinski definition) is 1. The van der Waals surface area contributed by atoms with Gasteiger partial charge in [0.1, 0.15) is 0 Å². The van der Waals surface area contributed by atoms with E-state index in [9.17, 15) is 0 Å². The van der Waals surface area contributed by atoms with Crippen LogP contribution in [-0.2, 0) is 0 Å². The van der Waals surface area contributed by atoms with Crippen molar-refractivity contribution in [2.45, 2.75) is 45.6 Å². The molecule has 2 aliphatic carbocycles. The summed E-state index contributed by atoms with van der Waals surface area (Å²) in [6, 6.07) is 0.517. The van der Waals surface area contributed by atoms with E-state index in [2.05, 4.69) is 13.8 Å². The zero-order chi connectivity index (χ0) is 8.72. The van der Waals surface area contributed by atoms with Crippen LogP contribution < -0.4 is 5.73 Å². The van der Waals surface area contributed by atoms with Crippen molar-refractivity contribution in [1.29, 1.82) is 0 Å². The second-order valence-electron chi connectivity index (χ2n) is 5.01. The summed E-state index contributed by atoms with van der Waals surface area (Å²) in [5, 5.41) is 0. The Hall–Kier alpha value is -0.0400. The Kier molecular flexibility index (Phi) is 2.16. The predicted molar refractivity (Wildman–Crippen MR) is 51.8 cm³/mol. The van der Waals surface area contributed by atoms with Crippen LogP contribution in [0, 0.1) is 23.7 Å². The third kappa shape index (κ3) is 1.19. The molecule has 0 radical (unpaired) electrons. The minimum Gasteiger partial charge on any atom is -0.327 e. The predicted octanol–water partition coefficient (Wildman–Crippen LogP) is 2.41. The molecule has 0 amide bonds. The van der Waals surface area contributed by atoms with Gasteiger partial charge in [-0.2, -0.15) is 0 Å². The van der Waals surface area contributed by atoms with Crippen molar-refractivity contribution in [2.24, 2.45) is 29.4 Å². The Morgan fingerprint density at radius 1 is 0.917 bits per heavy atom. The second kappa shape index (κ2) is 3.02. The third-order valence-corrected chi connectivity index (χ3v) is 4.29. The minimum atomic E-state index is 0.517. The van der Waals surface area contributed by atoms with Crippen LogP contribution in [0.15, 0.2) is 0 Å². The zero-order valence-electron chi connectivity index (χ0n) is 8.29. The first-order valence-electron chi connectivity index (χ1n) is 5.45. The fourth-order valence-electron chi connectivity index (χ4n) is 3.53. The van der Waals surface area contributed by atoms with Crippen molar-refractivity contribution in [3.8, 4) is 0 Å². The van der Waals surface area contributed by atoms with Gasteiger partial charge in [-0.1, -0.05) is 20.3 Å². The second-order valence-corrected chi connectivity index (χ2v) is 5.01. The van der Waals surface area contributed by atoms with Crippen molar-refractivity contribution in [3.63, 3.8) is 0 Å². The number of fused-ring (bicyclic) bond motifs is 1. The van der Waals surface area contributed by atoms with E-state index >= 15 is 0 Å². The number of hydrogen-bond donors (Lipinski definition) is 1. The third-order valence-electron chi connectivity index (χ3n) is 4.29. The normalized spacial score (nSPS) is 53.8. The smallest absolute Gasteiger partial charge is 0.00725 e. The SMILES string of the molecule is C[C@H]1CC[C@@H](N)[C@H]2[C@@H]1CC[C@@H]2C. The maximum absolute atomic E-state index is 6.17. The summed E-state index contributed by atoms with van der Waals surface area (Å²) in [6.45, 7) is 4.81. The van der Waals surface area contributed by atoms with Crippen LogP contribution in [0.4, 0.5) is 0 Å². The van der Waals surface area contributed by atoms with E-state index < -0.39 is 0 Å². The standard InChI is InChI=1S/C11H21N/c1-7-4-6-10(12)11-8(2)3-5-9(7)11/h7-11H,3-6,12H2,1-2H3/t7-,8-,9+,10+,11+/m0/s1. The van der Waals surface area contributed by atoms with E-state index in [1.54, 1.807) is 0 Å². The van der Waals surface area contributed by atoms with E-state index in [0.717, 1.165) is 23.7 Å². The lowest BCUT2D eigenvalue weighted by molar-refractivity contribution is 0.146. The Labute approximate surface area is 75.7 Å². The molecule has 0 heterocycles. The molecule has 2 saturated carbocycles. The molecule has 0 aliphatic heterocycles. The van der Waals surface area contributed by atoms with E-state index in [1.807, 2.05) is 0 Å². The van der Waals surface area contributed by atoms with Crippen molar-refractivity contribution < 1.29 is 0 Å². The van der Waals surface area contributed by atoms with Gasteiger partial charge >= 0.3 is 0 Å². The first kappa shape index (κ1) is 8.55. The van der Waals surface area contributed by atoms with Gasteiger partial charge in [-0.25, -0.2) is 0 Å². The molecule has 0 aromatic heterocycles. The molecule has 0 aromatic rings. The molecule has 0 bridgehead atoms. The van der Waals surface area contributed by atoms with Crippen molar-refractivity contribution in [3.05, 3.63) is 0 Å². The maximum atomic E-state index is 6.17. The summed E-state index contributed by atoms with van der Waals surface area (Å²) < 4.78 is 0. The molecule has 0 unspecified atom stereocenters. The van der Waals surface area contributed by atoms with Gasteiger partial charge in [0.2, 0.25) is 0 Å². The molecule has 70 valence electrons. The van der Waals surface area contributed by atoms with Gasteiger partial charge < -0.3 is 5.73 Å². The van der Waals surface area contributed by atoms with Crippen LogP contribution >= 0.6 is 0 Å². The van der Waals surface area contributed by atoms with Gasteiger partial charge in [-0.05, 0) is 42.9 Å². The Morgan fingerprint density at radius 2 is 1.58 bits per heavy atom. The summed E-state index contributed by atoms with van der Waals surface area (Å²) in [5.41, 5.74) is 6.17. The highest BCUT2D eigenvalue weighted by Crippen LogP contribution is 2.47. The monoisotopic (exact) mass is 167 g/mol. The quantitative estimate of drug-likeness (QED) is 0.589. The largest absolute Gasteiger partial charge is 0.327 e. The van der Waals surface area contributed by atoms with Crippen LogP contribution in [0.3, 0.4) is 0 Å². The highest BCUT2D eigenvalue weighted by molar-refractivity contribution is 4.94. The average molecular weight is 167 g/mol. The van der Waals surface area contributed by atoms with Crippen molar-refractivity contribution in [1.82, 2.24) is 0 Å². The fraction of sp³-hybridized carbons (Fsp3) is 1.00. The highest BCUT2D eigenvalue weighted by atomic mass is 14.7. The van der Waals surface area contributed by atoms with Crippen LogP contribution in [0.5, 0.6) is 0 Å². The molecule has 2 aliphatic rings. The van der Waals surface area contributed by atoms with E-state index in [-0.39, 0.29) is 0 Å². The number of rotatable bonds is 0. The van der Waals surface area contributed by atoms with Crippen LogP contribution in [-0.4, -0.2) is 6.04 Å². The van der Waals surface area contributed by atoms with Gasteiger partial charge in [0, 0.05) is 6.04 Å². The van der Waals surface area contributed by atoms with Gasteiger partial charge in [-0.15, -0.1) is 0 Å². The summed E-state index contributed by atoms with van der Waals surface area (Å²) >= 11 is 0. The molecule has 2 rings (SSSR count). The fourth-order valence-corrected chi connectivity index (χ4v) is 3.53. The van der Waals surface area contributed by atoms with Crippen LogP contribution in [0.1, 0.15) is 39.5 Å². The van der Waals surface area contributed by atoms with Gasteiger partial charge in [-0.3, -0.25) is 0 Å². The van der Waals surface area contributed by atoms with Crippen LogP contribution in [0.25, 0.3) is 0 Å². The first-order chi connectivity index (χ1) is 5.70. The van der Waals surface area contributed by atoms with Crippen molar-refractivity contribution >= 4 is 0 Å². The Bertz CT molecular complexity index is 166. The molecule has 0 spiro atoms. The lowest BCUT2D eigenvalue weighted by Gasteiger charge is -2.38. The molecular weight excluding hydrogens is 146 g/mol. The van der Waals surface area contributed by atoms with E-state index in [4.69, 9.17) is 5.73 Å². The topological polar surface area (TPSA) is 26.0 Å². The Balaban J connectivity index is 2.13. The molecule has 1 heteroatoms. The number of nitrogens with two attached hydrogens (primary N) is 1. The lowest BCUT2D eigenvalue weighted by atomic mass is 9.70. The summed E-state index contributed by atoms with van der Waals surface area (Å²) in [6.07, 6.45) is 5.51. The van der Waals surface area contributed by atoms with Crippen LogP contribution in [0.2, 0.25) is 0 Å². The first-order valence-corrected chi connectivity index (χ1v) is 5.45. The van der Waals surface area contributed by atoms with E-state index in [0.29, 0.717) is 6.04 Å². The van der Waals surface area contributed by atoms with E-state index in [1.165, 1.54) is 25.7 Å². The molecule has 1 nitrogen and oxygen atoms in total. The highest BCUT2D eigenvalue weighted by Gasteiger charge is 2.42. The molecule has 0 aromatic carbocycles. The van der Waals surface area contributed by atoms with Crippen molar-refractivity contribution in [2.75, 3.05) is 0 Å². The maximum Gasteiger partial charge on any atom is 0.00725 e. The summed E-state index contributed by atoms with van der Waals surface area (Å²) in [7, 11) is 0. The molecule has 2 N–H and O–H groups in total. The molecule has 2 fully saturated rings. The Morgan fingerprint density at radius 3 is 2.25 bits per heavy atom. The lowest BCUT2D eigenvalue weighted by Crippen LogP contribution is -2.41. The molecule has 12 heavy (non-hydrogen) atoms. The van der Waals surface area contributed by atoms with Gasteiger partial charge in [0.05, 0.1) is 0 Å². The van der Waals surface area contributed by atoms with Gasteiger partial charge in [0.25, 0.3) is 0 Å². The summed E-state index contributed by atoms with van der Waals surface area (Å²) in [4.78, 5) is 0. The minimum absolute atomic E-state index is 0.517. The van der Waals surface area contributed by atoms with Gasteiger partial charge in [0.15, 0.2) is 0 Å². The summed E-state index contributed by atoms with van der Waals surface area (Å²) in [5.74, 6) is 3.66. The molecular formula is C11H21N. The molecule has 5 atom stereocenters.